The summed E-state index contributed by atoms with van der Waals surface area (Å²) in [5, 5.41) is 3.65. The molecule has 2 heterocycles. The fourth-order valence-electron chi connectivity index (χ4n) is 2.18. The third-order valence-electron chi connectivity index (χ3n) is 3.41. The van der Waals surface area contributed by atoms with Gasteiger partial charge in [0.2, 0.25) is 0 Å². The summed E-state index contributed by atoms with van der Waals surface area (Å²) in [4.78, 5) is 12.2. The van der Waals surface area contributed by atoms with Gasteiger partial charge in [0.25, 0.3) is 10.0 Å². The van der Waals surface area contributed by atoms with E-state index in [1.165, 1.54) is 19.2 Å². The maximum absolute atomic E-state index is 12.6. The monoisotopic (exact) mass is 408 g/mol. The molecule has 2 aromatic heterocycles. The Hall–Kier alpha value is -2.85. The summed E-state index contributed by atoms with van der Waals surface area (Å²) in [5.41, 5.74) is 0.410. The Balaban J connectivity index is 1.81. The third-order valence-corrected chi connectivity index (χ3v) is 6.38. The molecular weight excluding hydrogens is 392 g/mol. The highest BCUT2D eigenvalue weighted by Gasteiger charge is 2.21. The zero-order chi connectivity index (χ0) is 19.4. The molecule has 8 nitrogen and oxygen atoms in total. The Morgan fingerprint density at radius 1 is 1.26 bits per heavy atom. The number of methoxy groups -OCH3 is 1. The van der Waals surface area contributed by atoms with Crippen LogP contribution in [-0.2, 0) is 14.8 Å². The van der Waals surface area contributed by atoms with Crippen LogP contribution in [0.5, 0.6) is 5.75 Å². The Kier molecular flexibility index (Phi) is 5.47. The van der Waals surface area contributed by atoms with Crippen LogP contribution in [0.25, 0.3) is 10.6 Å². The van der Waals surface area contributed by atoms with E-state index < -0.39 is 16.0 Å². The molecule has 0 aliphatic carbocycles. The highest BCUT2D eigenvalue weighted by atomic mass is 32.2. The number of nitrogens with zero attached hydrogens (tertiary/aromatic N) is 1. The summed E-state index contributed by atoms with van der Waals surface area (Å²) in [7, 11) is -2.28. The number of carbonyl (C=O) groups excluding carboxylic acids is 1. The summed E-state index contributed by atoms with van der Waals surface area (Å²) in [6, 6.07) is 11.0. The zero-order valence-electron chi connectivity index (χ0n) is 14.5. The lowest BCUT2D eigenvalue weighted by Gasteiger charge is -2.07. The molecule has 0 spiro atoms. The zero-order valence-corrected chi connectivity index (χ0v) is 16.1. The first-order valence-corrected chi connectivity index (χ1v) is 10.1. The van der Waals surface area contributed by atoms with E-state index in [0.29, 0.717) is 16.3 Å². The number of ether oxygens (including phenoxy) is 2. The van der Waals surface area contributed by atoms with Crippen LogP contribution in [0.15, 0.2) is 51.2 Å². The number of thiophene rings is 1. The van der Waals surface area contributed by atoms with E-state index in [9.17, 15) is 13.2 Å². The van der Waals surface area contributed by atoms with Gasteiger partial charge in [0.05, 0.1) is 24.3 Å². The van der Waals surface area contributed by atoms with Gasteiger partial charge >= 0.3 is 5.97 Å². The van der Waals surface area contributed by atoms with Gasteiger partial charge in [0, 0.05) is 12.1 Å². The van der Waals surface area contributed by atoms with E-state index in [2.05, 4.69) is 9.88 Å². The maximum Gasteiger partial charge on any atom is 0.360 e. The van der Waals surface area contributed by atoms with Gasteiger partial charge in [-0.15, -0.1) is 11.3 Å². The van der Waals surface area contributed by atoms with Crippen molar-refractivity contribution in [3.05, 3.63) is 48.2 Å². The van der Waals surface area contributed by atoms with Gasteiger partial charge in [-0.3, -0.25) is 4.72 Å². The first-order chi connectivity index (χ1) is 12.9. The smallest absolute Gasteiger partial charge is 0.360 e. The summed E-state index contributed by atoms with van der Waals surface area (Å²) < 4.78 is 42.8. The van der Waals surface area contributed by atoms with Crippen molar-refractivity contribution in [2.24, 2.45) is 0 Å². The first-order valence-electron chi connectivity index (χ1n) is 7.84. The molecule has 3 rings (SSSR count). The number of esters is 1. The maximum atomic E-state index is 12.6. The van der Waals surface area contributed by atoms with E-state index in [-0.39, 0.29) is 22.3 Å². The summed E-state index contributed by atoms with van der Waals surface area (Å²) in [6.45, 7) is 1.91. The molecule has 142 valence electrons. The average Bonchev–Trinajstić information content (AvgIpc) is 3.31. The number of nitrogens with one attached hydrogen (secondary N) is 1. The molecule has 0 radical (unpaired) electrons. The lowest BCUT2D eigenvalue weighted by molar-refractivity contribution is 0.0514. The predicted molar refractivity (Wildman–Crippen MR) is 99.6 cm³/mol. The van der Waals surface area contributed by atoms with Crippen LogP contribution >= 0.6 is 11.3 Å². The Labute approximate surface area is 159 Å². The third kappa shape index (κ3) is 4.29. The van der Waals surface area contributed by atoms with Gasteiger partial charge in [-0.05, 0) is 31.2 Å². The molecule has 0 aliphatic heterocycles. The van der Waals surface area contributed by atoms with Gasteiger partial charge in [-0.1, -0.05) is 11.2 Å². The van der Waals surface area contributed by atoms with Crippen LogP contribution in [0, 0.1) is 0 Å². The van der Waals surface area contributed by atoms with E-state index in [1.54, 1.807) is 37.3 Å². The van der Waals surface area contributed by atoms with Crippen molar-refractivity contribution in [3.8, 4) is 16.4 Å². The van der Waals surface area contributed by atoms with Gasteiger partial charge in [0.1, 0.15) is 9.96 Å². The van der Waals surface area contributed by atoms with Gasteiger partial charge < -0.3 is 14.0 Å². The Bertz CT molecular complexity index is 1050. The second-order valence-electron chi connectivity index (χ2n) is 5.25. The molecule has 10 heteroatoms. The summed E-state index contributed by atoms with van der Waals surface area (Å²) >= 11 is 0.993. The lowest BCUT2D eigenvalue weighted by Crippen LogP contribution is -2.11. The summed E-state index contributed by atoms with van der Waals surface area (Å²) in [5.74, 6) is 0.220. The predicted octanol–water partition coefficient (Wildman–Crippen LogP) is 3.39. The standard InChI is InChI=1S/C17H16N2O6S2/c1-3-24-17(20)13-10-14(25-18-13)15-7-8-16(26-15)27(21,22)19-11-5-4-6-12(9-11)23-2/h4-10,19H,3H2,1-2H3. The number of benzene rings is 1. The number of rotatable bonds is 7. The van der Waals surface area contributed by atoms with Crippen molar-refractivity contribution >= 4 is 33.0 Å². The highest BCUT2D eigenvalue weighted by Crippen LogP contribution is 2.32. The Morgan fingerprint density at radius 3 is 2.81 bits per heavy atom. The van der Waals surface area contributed by atoms with Crippen LogP contribution < -0.4 is 9.46 Å². The SMILES string of the molecule is CCOC(=O)c1cc(-c2ccc(S(=O)(=O)Nc3cccc(OC)c3)s2)on1. The summed E-state index contributed by atoms with van der Waals surface area (Å²) in [6.07, 6.45) is 0. The fourth-order valence-corrected chi connectivity index (χ4v) is 4.49. The number of sulfonamides is 1. The molecule has 0 atom stereocenters. The number of anilines is 1. The van der Waals surface area contributed by atoms with E-state index >= 15 is 0 Å². The minimum absolute atomic E-state index is 0.0270. The van der Waals surface area contributed by atoms with Crippen molar-refractivity contribution in [3.63, 3.8) is 0 Å². The quantitative estimate of drug-likeness (QED) is 0.597. The number of carbonyl (C=O) groups is 1. The largest absolute Gasteiger partial charge is 0.497 e. The number of hydrogen-bond donors (Lipinski definition) is 1. The van der Waals surface area contributed by atoms with Gasteiger partial charge in [-0.2, -0.15) is 0 Å². The highest BCUT2D eigenvalue weighted by molar-refractivity contribution is 7.94. The van der Waals surface area contributed by atoms with Crippen molar-refractivity contribution in [1.82, 2.24) is 5.16 Å². The molecule has 0 saturated carbocycles. The second kappa shape index (κ2) is 7.80. The van der Waals surface area contributed by atoms with Crippen molar-refractivity contribution < 1.29 is 27.2 Å². The van der Waals surface area contributed by atoms with Crippen LogP contribution in [0.1, 0.15) is 17.4 Å². The minimum Gasteiger partial charge on any atom is -0.497 e. The normalized spacial score (nSPS) is 11.2. The topological polar surface area (TPSA) is 108 Å². The average molecular weight is 408 g/mol. The van der Waals surface area contributed by atoms with E-state index in [4.69, 9.17) is 14.0 Å². The van der Waals surface area contributed by atoms with Crippen LogP contribution in [-0.4, -0.2) is 33.3 Å². The fraction of sp³-hybridized carbons (Fsp3) is 0.176. The second-order valence-corrected chi connectivity index (χ2v) is 8.25. The first kappa shape index (κ1) is 18.9. The lowest BCUT2D eigenvalue weighted by atomic mass is 10.3. The molecule has 0 saturated heterocycles. The van der Waals surface area contributed by atoms with E-state index in [1.807, 2.05) is 0 Å². The molecule has 0 aliphatic rings. The molecule has 0 unspecified atom stereocenters. The molecule has 27 heavy (non-hydrogen) atoms. The van der Waals surface area contributed by atoms with Crippen LogP contribution in [0.3, 0.4) is 0 Å². The van der Waals surface area contributed by atoms with Crippen LogP contribution in [0.4, 0.5) is 5.69 Å². The number of aromatic nitrogens is 1. The van der Waals surface area contributed by atoms with Gasteiger partial charge in [0.15, 0.2) is 11.5 Å². The van der Waals surface area contributed by atoms with Crippen molar-refractivity contribution in [2.75, 3.05) is 18.4 Å². The van der Waals surface area contributed by atoms with E-state index in [0.717, 1.165) is 11.3 Å². The minimum atomic E-state index is -3.78. The van der Waals surface area contributed by atoms with Crippen molar-refractivity contribution in [2.45, 2.75) is 11.1 Å². The molecule has 0 fully saturated rings. The molecule has 3 aromatic rings. The number of hydrogen-bond acceptors (Lipinski definition) is 8. The van der Waals surface area contributed by atoms with Crippen molar-refractivity contribution in [1.29, 1.82) is 0 Å². The molecule has 1 aromatic carbocycles. The van der Waals surface area contributed by atoms with Crippen LogP contribution in [0.2, 0.25) is 0 Å². The molecular formula is C17H16N2O6S2. The molecule has 1 N–H and O–H groups in total. The molecule has 0 bridgehead atoms. The molecule has 0 amide bonds. The van der Waals surface area contributed by atoms with Gasteiger partial charge in [-0.25, -0.2) is 13.2 Å². The Morgan fingerprint density at radius 2 is 2.07 bits per heavy atom.